The van der Waals surface area contributed by atoms with Gasteiger partial charge in [0.05, 0.1) is 0 Å². The summed E-state index contributed by atoms with van der Waals surface area (Å²) in [6.45, 7) is 0.510. The van der Waals surface area contributed by atoms with Crippen molar-refractivity contribution in [2.45, 2.75) is 6.67 Å². The highest BCUT2D eigenvalue weighted by Crippen LogP contribution is 2.26. The van der Waals surface area contributed by atoms with Crippen LogP contribution in [0.3, 0.4) is 0 Å². The molecule has 0 N–H and O–H groups in total. The van der Waals surface area contributed by atoms with Gasteiger partial charge >= 0.3 is 0 Å². The summed E-state index contributed by atoms with van der Waals surface area (Å²) in [7, 11) is 0. The fourth-order valence-electron chi connectivity index (χ4n) is 3.11. The first kappa shape index (κ1) is 12.7. The van der Waals surface area contributed by atoms with Crippen molar-refractivity contribution in [3.05, 3.63) is 59.5 Å². The van der Waals surface area contributed by atoms with E-state index in [2.05, 4.69) is 30.0 Å². The lowest BCUT2D eigenvalue weighted by Crippen LogP contribution is -2.31. The van der Waals surface area contributed by atoms with Gasteiger partial charge in [0, 0.05) is 0 Å². The topological polar surface area (TPSA) is 84.0 Å². The largest absolute Gasteiger partial charge is 0.292 e. The maximum Gasteiger partial charge on any atom is 0.156 e. The van der Waals surface area contributed by atoms with E-state index in [0.29, 0.717) is 30.0 Å². The number of aliphatic imine (C=N–C) groups is 4. The molecular weight excluding hydrogens is 316 g/mol. The first-order valence-electron chi connectivity index (χ1n) is 7.85. The van der Waals surface area contributed by atoms with Crippen LogP contribution in [0.25, 0.3) is 0 Å². The molecule has 2 aromatic rings. The number of rotatable bonds is 0. The van der Waals surface area contributed by atoms with E-state index < -0.39 is 0 Å². The number of amidine groups is 4. The Morgan fingerprint density at radius 3 is 1.52 bits per heavy atom. The summed E-state index contributed by atoms with van der Waals surface area (Å²) >= 11 is 0. The predicted octanol–water partition coefficient (Wildman–Crippen LogP) is 1.06. The van der Waals surface area contributed by atoms with Crippen molar-refractivity contribution >= 4 is 35.0 Å². The summed E-state index contributed by atoms with van der Waals surface area (Å²) in [5, 5.41) is 0. The van der Waals surface area contributed by atoms with Crippen molar-refractivity contribution < 1.29 is 0 Å². The van der Waals surface area contributed by atoms with Crippen LogP contribution in [0.1, 0.15) is 0 Å². The zero-order valence-corrected chi connectivity index (χ0v) is 12.9. The van der Waals surface area contributed by atoms with Gasteiger partial charge in [-0.05, 0) is 48.6 Å². The van der Waals surface area contributed by atoms with Crippen molar-refractivity contribution in [1.29, 1.82) is 0 Å². The lowest BCUT2D eigenvalue weighted by molar-refractivity contribution is 0.579. The average molecular weight is 326 g/mol. The highest BCUT2D eigenvalue weighted by molar-refractivity contribution is 6.16. The second-order valence-electron chi connectivity index (χ2n) is 5.87. The van der Waals surface area contributed by atoms with Crippen molar-refractivity contribution in [3.8, 4) is 0 Å². The van der Waals surface area contributed by atoms with E-state index in [1.54, 1.807) is 0 Å². The predicted molar refractivity (Wildman–Crippen MR) is 93.9 cm³/mol. The van der Waals surface area contributed by atoms with Crippen molar-refractivity contribution in [1.82, 2.24) is 9.13 Å². The maximum atomic E-state index is 4.63. The molecule has 6 bridgehead atoms. The van der Waals surface area contributed by atoms with Crippen LogP contribution in [-0.2, 0) is 6.67 Å². The minimum atomic E-state index is 0.510. The third-order valence-electron chi connectivity index (χ3n) is 4.29. The maximum absolute atomic E-state index is 4.63. The number of aromatic nitrogens is 2. The molecule has 0 aromatic carbocycles. The van der Waals surface area contributed by atoms with Crippen LogP contribution < -0.4 is 11.0 Å². The summed E-state index contributed by atoms with van der Waals surface area (Å²) in [6.07, 6.45) is 7.44. The van der Waals surface area contributed by atoms with Gasteiger partial charge in [0.2, 0.25) is 0 Å². The van der Waals surface area contributed by atoms with Crippen LogP contribution >= 0.6 is 0 Å². The Balaban J connectivity index is 1.79. The minimum absolute atomic E-state index is 0.510. The van der Waals surface area contributed by atoms with Crippen LogP contribution in [0.4, 0.5) is 11.6 Å². The van der Waals surface area contributed by atoms with Crippen LogP contribution in [0.2, 0.25) is 0 Å². The number of hydrogen-bond acceptors (Lipinski definition) is 6. The molecule has 0 saturated carbocycles. The fraction of sp³-hybridized carbons (Fsp3) is 0.0588. The van der Waals surface area contributed by atoms with Crippen molar-refractivity contribution in [2.24, 2.45) is 30.0 Å². The molecule has 6 heterocycles. The van der Waals surface area contributed by atoms with Crippen LogP contribution in [-0.4, -0.2) is 32.5 Å². The lowest BCUT2D eigenvalue weighted by Gasteiger charge is -2.12. The Kier molecular flexibility index (Phi) is 2.26. The zero-order valence-electron chi connectivity index (χ0n) is 12.9. The van der Waals surface area contributed by atoms with Gasteiger partial charge in [0.1, 0.15) is 29.3 Å². The number of fused-ring (bicyclic) bond motifs is 2. The van der Waals surface area contributed by atoms with Gasteiger partial charge in [-0.1, -0.05) is 0 Å². The molecule has 6 rings (SSSR count). The van der Waals surface area contributed by atoms with Gasteiger partial charge < -0.3 is 0 Å². The van der Waals surface area contributed by atoms with E-state index >= 15 is 0 Å². The Morgan fingerprint density at radius 2 is 1.00 bits per heavy atom. The van der Waals surface area contributed by atoms with E-state index in [-0.39, 0.29) is 0 Å². The van der Waals surface area contributed by atoms with Gasteiger partial charge in [0.15, 0.2) is 23.3 Å². The monoisotopic (exact) mass is 326 g/mol. The summed E-state index contributed by atoms with van der Waals surface area (Å²) < 4.78 is 4.02. The Hall–Kier alpha value is -3.68. The van der Waals surface area contributed by atoms with Crippen molar-refractivity contribution in [3.63, 3.8) is 0 Å². The Morgan fingerprint density at radius 1 is 0.520 bits per heavy atom. The quantitative estimate of drug-likeness (QED) is 0.693. The molecule has 0 unspecified atom stereocenters. The molecule has 25 heavy (non-hydrogen) atoms. The molecule has 0 fully saturated rings. The van der Waals surface area contributed by atoms with Gasteiger partial charge in [-0.15, -0.1) is 0 Å². The van der Waals surface area contributed by atoms with E-state index in [4.69, 9.17) is 0 Å². The van der Waals surface area contributed by atoms with E-state index in [0.717, 1.165) is 22.6 Å². The number of nitrogens with zero attached hydrogens (tertiary/aromatic N) is 8. The molecule has 4 aliphatic rings. The van der Waals surface area contributed by atoms with E-state index in [9.17, 15) is 0 Å². The molecule has 118 valence electrons. The van der Waals surface area contributed by atoms with Gasteiger partial charge in [-0.3, -0.25) is 9.13 Å². The standard InChI is InChI=1S/C17H10N8/c1-2-11-18-10(1)20-14-5-6-16-22-12-3-4-13(19-12)23-17-8-7-15(21-11)25(17)9-24(14)16/h1-8H,9H2. The second kappa shape index (κ2) is 4.44. The van der Waals surface area contributed by atoms with Gasteiger partial charge in [0.25, 0.3) is 0 Å². The molecular formula is C17H10N8. The smallest absolute Gasteiger partial charge is 0.156 e. The fourth-order valence-corrected chi connectivity index (χ4v) is 3.11. The molecule has 2 aromatic heterocycles. The summed E-state index contributed by atoms with van der Waals surface area (Å²) in [4.78, 5) is 27.4. The minimum Gasteiger partial charge on any atom is -0.292 e. The average Bonchev–Trinajstić information content (AvgIpc) is 3.37. The molecule has 0 saturated heterocycles. The molecule has 0 spiro atoms. The first-order chi connectivity index (χ1) is 12.3. The van der Waals surface area contributed by atoms with Gasteiger partial charge in [-0.25, -0.2) is 30.0 Å². The van der Waals surface area contributed by atoms with Crippen LogP contribution in [0.15, 0.2) is 78.5 Å². The highest BCUT2D eigenvalue weighted by Gasteiger charge is 2.16. The SMILES string of the molecule is C1=CC2=Nc3ccc4n3Cn3c(ccc3=NC3=NC(=N4)C=C3)=NC1=N2. The normalized spacial score (nSPS) is 18.7. The highest BCUT2D eigenvalue weighted by atomic mass is 15.3. The summed E-state index contributed by atoms with van der Waals surface area (Å²) in [5.74, 6) is 4.10. The number of hydrogen-bond donors (Lipinski definition) is 0. The third-order valence-corrected chi connectivity index (χ3v) is 4.29. The van der Waals surface area contributed by atoms with E-state index in [1.807, 2.05) is 57.7 Å². The van der Waals surface area contributed by atoms with E-state index in [1.165, 1.54) is 0 Å². The van der Waals surface area contributed by atoms with Gasteiger partial charge in [-0.2, -0.15) is 0 Å². The second-order valence-corrected chi connectivity index (χ2v) is 5.87. The Labute approximate surface area is 141 Å². The molecule has 0 atom stereocenters. The van der Waals surface area contributed by atoms with Crippen LogP contribution in [0, 0.1) is 0 Å². The Bertz CT molecular complexity index is 1160. The molecule has 4 aliphatic heterocycles. The lowest BCUT2D eigenvalue weighted by atomic mass is 10.5. The summed E-state index contributed by atoms with van der Waals surface area (Å²) in [6, 6.07) is 7.75. The zero-order chi connectivity index (χ0) is 16.4. The molecule has 0 aliphatic carbocycles. The summed E-state index contributed by atoms with van der Waals surface area (Å²) in [5.41, 5.74) is 1.56. The first-order valence-corrected chi connectivity index (χ1v) is 7.85. The molecule has 0 amide bonds. The molecule has 8 nitrogen and oxygen atoms in total. The molecule has 8 heteroatoms. The van der Waals surface area contributed by atoms with Crippen molar-refractivity contribution in [2.75, 3.05) is 0 Å². The molecule has 0 radical (unpaired) electrons. The third kappa shape index (κ3) is 1.87. The van der Waals surface area contributed by atoms with Crippen LogP contribution in [0.5, 0.6) is 0 Å².